The Morgan fingerprint density at radius 3 is 1.16 bits per heavy atom. The van der Waals surface area contributed by atoms with E-state index in [1.54, 1.807) is 24.3 Å². The van der Waals surface area contributed by atoms with E-state index < -0.39 is 29.6 Å². The van der Waals surface area contributed by atoms with Crippen molar-refractivity contribution in [3.8, 4) is 22.6 Å². The summed E-state index contributed by atoms with van der Waals surface area (Å²) in [4.78, 5) is 0. The molecule has 2 nitrogen and oxygen atoms in total. The summed E-state index contributed by atoms with van der Waals surface area (Å²) in [5, 5.41) is 0. The molecule has 5 rings (SSSR count). The third-order valence-electron chi connectivity index (χ3n) is 6.24. The van der Waals surface area contributed by atoms with E-state index in [1.165, 1.54) is 24.3 Å². The zero-order valence-electron chi connectivity index (χ0n) is 18.8. The van der Waals surface area contributed by atoms with Crippen LogP contribution in [0.1, 0.15) is 22.3 Å². The number of hydrogen-bond acceptors (Lipinski definition) is 2. The van der Waals surface area contributed by atoms with Crippen LogP contribution in [0, 0.1) is 0 Å². The van der Waals surface area contributed by atoms with Gasteiger partial charge in [-0.1, -0.05) is 72.8 Å². The molecular formula is C29H16F6O2. The second-order valence-corrected chi connectivity index (χ2v) is 8.16. The second-order valence-electron chi connectivity index (χ2n) is 8.16. The maximum absolute atomic E-state index is 13.3. The van der Waals surface area contributed by atoms with Crippen LogP contribution in [0.2, 0.25) is 0 Å². The Bertz CT molecular complexity index is 1400. The van der Waals surface area contributed by atoms with E-state index in [1.807, 2.05) is 48.5 Å². The van der Waals surface area contributed by atoms with Crippen molar-refractivity contribution in [3.63, 3.8) is 0 Å². The largest absolute Gasteiger partial charge is 0.428 e. The van der Waals surface area contributed by atoms with Gasteiger partial charge in [0.05, 0.1) is 5.41 Å². The van der Waals surface area contributed by atoms with E-state index in [0.29, 0.717) is 11.1 Å². The van der Waals surface area contributed by atoms with Crippen LogP contribution in [0.3, 0.4) is 0 Å². The van der Waals surface area contributed by atoms with Gasteiger partial charge in [-0.15, -0.1) is 0 Å². The van der Waals surface area contributed by atoms with Gasteiger partial charge < -0.3 is 9.47 Å². The minimum absolute atomic E-state index is 0.122. The summed E-state index contributed by atoms with van der Waals surface area (Å²) in [7, 11) is 0. The van der Waals surface area contributed by atoms with Crippen LogP contribution in [0.5, 0.6) is 11.5 Å². The van der Waals surface area contributed by atoms with Gasteiger partial charge in [-0.05, 0) is 57.6 Å². The highest BCUT2D eigenvalue weighted by Crippen LogP contribution is 2.56. The molecule has 1 aliphatic rings. The molecule has 0 saturated carbocycles. The van der Waals surface area contributed by atoms with Gasteiger partial charge in [-0.25, -0.2) is 0 Å². The number of halogens is 6. The zero-order valence-corrected chi connectivity index (χ0v) is 18.8. The highest BCUT2D eigenvalue weighted by molar-refractivity contribution is 5.86. The van der Waals surface area contributed by atoms with E-state index in [0.717, 1.165) is 22.3 Å². The first-order chi connectivity index (χ1) is 17.8. The van der Waals surface area contributed by atoms with Gasteiger partial charge in [0.2, 0.25) is 0 Å². The third kappa shape index (κ3) is 4.14. The van der Waals surface area contributed by atoms with Gasteiger partial charge in [0.15, 0.2) is 0 Å². The maximum atomic E-state index is 13.3. The molecule has 4 aromatic rings. The Morgan fingerprint density at radius 2 is 0.811 bits per heavy atom. The van der Waals surface area contributed by atoms with Crippen LogP contribution in [0.25, 0.3) is 11.1 Å². The van der Waals surface area contributed by atoms with Crippen molar-refractivity contribution >= 4 is 0 Å². The number of benzene rings is 4. The molecule has 0 amide bonds. The Kier molecular flexibility index (Phi) is 6.25. The van der Waals surface area contributed by atoms with Gasteiger partial charge >= 0.3 is 24.2 Å². The summed E-state index contributed by atoms with van der Waals surface area (Å²) >= 11 is 0. The molecule has 186 valence electrons. The van der Waals surface area contributed by atoms with Gasteiger partial charge in [0.1, 0.15) is 11.5 Å². The second kappa shape index (κ2) is 9.54. The van der Waals surface area contributed by atoms with Crippen LogP contribution in [-0.2, 0) is 5.41 Å². The minimum Gasteiger partial charge on any atom is -0.428 e. The zero-order chi connectivity index (χ0) is 26.2. The standard InChI is InChI=1S/C29H16F6O2/c30-25(31)27(34)36-19-13-9-17(10-14-19)29(18-11-15-20(16-12-18)37-28(35)26(32)33)23-7-3-1-5-21(23)22-6-2-4-8-24(22)29/h1-16H. The first kappa shape index (κ1) is 24.2. The number of rotatable bonds is 6. The highest BCUT2D eigenvalue weighted by Gasteiger charge is 2.45. The molecule has 0 fully saturated rings. The summed E-state index contributed by atoms with van der Waals surface area (Å²) < 4.78 is 85.9. The van der Waals surface area contributed by atoms with Crippen molar-refractivity contribution in [1.29, 1.82) is 0 Å². The molecule has 0 saturated heterocycles. The lowest BCUT2D eigenvalue weighted by atomic mass is 9.68. The molecule has 1 aliphatic carbocycles. The smallest absolute Gasteiger partial charge is 0.344 e. The first-order valence-electron chi connectivity index (χ1n) is 11.0. The predicted octanol–water partition coefficient (Wildman–Crippen LogP) is 8.88. The summed E-state index contributed by atoms with van der Waals surface area (Å²) in [6, 6.07) is 23.5. The van der Waals surface area contributed by atoms with Gasteiger partial charge in [0, 0.05) is 0 Å². The minimum atomic E-state index is -2.57. The van der Waals surface area contributed by atoms with E-state index in [2.05, 4.69) is 9.47 Å². The molecule has 0 N–H and O–H groups in total. The topological polar surface area (TPSA) is 18.5 Å². The summed E-state index contributed by atoms with van der Waals surface area (Å²) in [6.07, 6.45) is -5.14. The molecular weight excluding hydrogens is 494 g/mol. The third-order valence-corrected chi connectivity index (χ3v) is 6.24. The fourth-order valence-electron chi connectivity index (χ4n) is 4.85. The molecule has 4 aromatic carbocycles. The molecule has 0 heterocycles. The maximum Gasteiger partial charge on any atom is 0.344 e. The summed E-state index contributed by atoms with van der Waals surface area (Å²) in [6.45, 7) is 0. The van der Waals surface area contributed by atoms with Crippen LogP contribution in [0.4, 0.5) is 26.3 Å². The average Bonchev–Trinajstić information content (AvgIpc) is 3.21. The lowest BCUT2D eigenvalue weighted by Gasteiger charge is -2.34. The molecule has 0 atom stereocenters. The molecule has 0 aromatic heterocycles. The Labute approximate surface area is 207 Å². The van der Waals surface area contributed by atoms with E-state index in [9.17, 15) is 26.3 Å². The number of hydrogen-bond donors (Lipinski definition) is 0. The van der Waals surface area contributed by atoms with Crippen molar-refractivity contribution in [2.75, 3.05) is 0 Å². The monoisotopic (exact) mass is 510 g/mol. The SMILES string of the molecule is FC(F)=C(F)Oc1ccc(C2(c3ccc(OC(F)=C(F)F)cc3)c3ccccc3-c3ccccc32)cc1. The number of ether oxygens (including phenoxy) is 2. The van der Waals surface area contributed by atoms with Crippen molar-refractivity contribution in [2.45, 2.75) is 5.41 Å². The van der Waals surface area contributed by atoms with Crippen LogP contribution in [-0.4, -0.2) is 0 Å². The lowest BCUT2D eigenvalue weighted by molar-refractivity contribution is 0.241. The van der Waals surface area contributed by atoms with Crippen molar-refractivity contribution < 1.29 is 35.8 Å². The molecule has 0 radical (unpaired) electrons. The van der Waals surface area contributed by atoms with Crippen molar-refractivity contribution in [2.24, 2.45) is 0 Å². The van der Waals surface area contributed by atoms with Crippen molar-refractivity contribution in [3.05, 3.63) is 144 Å². The van der Waals surface area contributed by atoms with Gasteiger partial charge in [-0.2, -0.15) is 26.3 Å². The normalized spacial score (nSPS) is 12.8. The van der Waals surface area contributed by atoms with E-state index >= 15 is 0 Å². The van der Waals surface area contributed by atoms with Crippen molar-refractivity contribution in [1.82, 2.24) is 0 Å². The molecule has 0 unspecified atom stereocenters. The van der Waals surface area contributed by atoms with E-state index in [-0.39, 0.29) is 11.5 Å². The summed E-state index contributed by atoms with van der Waals surface area (Å²) in [5.41, 5.74) is 4.21. The number of fused-ring (bicyclic) bond motifs is 3. The Balaban J connectivity index is 1.70. The Hall–Kier alpha value is -4.46. The highest BCUT2D eigenvalue weighted by atomic mass is 19.3. The van der Waals surface area contributed by atoms with Crippen LogP contribution in [0.15, 0.2) is 121 Å². The first-order valence-corrected chi connectivity index (χ1v) is 11.0. The fraction of sp³-hybridized carbons (Fsp3) is 0.0345. The molecule has 0 spiro atoms. The fourth-order valence-corrected chi connectivity index (χ4v) is 4.85. The van der Waals surface area contributed by atoms with E-state index in [4.69, 9.17) is 0 Å². The molecule has 0 aliphatic heterocycles. The molecule has 37 heavy (non-hydrogen) atoms. The van der Waals surface area contributed by atoms with Crippen LogP contribution < -0.4 is 9.47 Å². The van der Waals surface area contributed by atoms with Gasteiger partial charge in [0.25, 0.3) is 0 Å². The summed E-state index contributed by atoms with van der Waals surface area (Å²) in [5.74, 6) is -0.244. The quantitative estimate of drug-likeness (QED) is 0.168. The van der Waals surface area contributed by atoms with Crippen LogP contribution >= 0.6 is 0 Å². The Morgan fingerprint density at radius 1 is 0.459 bits per heavy atom. The molecule has 8 heteroatoms. The molecule has 0 bridgehead atoms. The average molecular weight is 510 g/mol. The predicted molar refractivity (Wildman–Crippen MR) is 126 cm³/mol. The van der Waals surface area contributed by atoms with Gasteiger partial charge in [-0.3, -0.25) is 0 Å². The lowest BCUT2D eigenvalue weighted by Crippen LogP contribution is -2.28.